The molecular weight excluding hydrogens is 480 g/mol. The summed E-state index contributed by atoms with van der Waals surface area (Å²) in [7, 11) is 3.86. The average molecular weight is 521 g/mol. The molecule has 1 N–H and O–H groups in total. The minimum atomic E-state index is 0.655. The van der Waals surface area contributed by atoms with Crippen LogP contribution < -0.4 is 5.32 Å². The monoisotopic (exact) mass is 520 g/mol. The zero-order valence-electron chi connectivity index (χ0n) is 24.2. The Morgan fingerprint density at radius 2 is 1.85 bits per heavy atom. The van der Waals surface area contributed by atoms with Crippen molar-refractivity contribution in [2.75, 3.05) is 25.5 Å². The van der Waals surface area contributed by atoms with Gasteiger partial charge < -0.3 is 9.88 Å². The van der Waals surface area contributed by atoms with E-state index in [0.717, 1.165) is 39.0 Å². The highest BCUT2D eigenvalue weighted by molar-refractivity contribution is 5.97. The molecule has 2 aromatic heterocycles. The number of hydrogen-bond acceptors (Lipinski definition) is 5. The lowest BCUT2D eigenvalue weighted by Crippen LogP contribution is -2.09. The Bertz CT molecular complexity index is 1550. The second-order valence-corrected chi connectivity index (χ2v) is 8.46. The Morgan fingerprint density at radius 1 is 1.05 bits per heavy atom. The summed E-state index contributed by atoms with van der Waals surface area (Å²) < 4.78 is 2.14. The maximum absolute atomic E-state index is 4.66. The van der Waals surface area contributed by atoms with Crippen molar-refractivity contribution in [3.63, 3.8) is 0 Å². The van der Waals surface area contributed by atoms with Crippen molar-refractivity contribution in [3.8, 4) is 11.1 Å². The predicted octanol–water partition coefficient (Wildman–Crippen LogP) is 7.84. The number of anilines is 1. The first-order chi connectivity index (χ1) is 19.2. The summed E-state index contributed by atoms with van der Waals surface area (Å²) in [5, 5.41) is 4.85. The van der Waals surface area contributed by atoms with Crippen LogP contribution in [0.5, 0.6) is 0 Å². The number of nitrogens with one attached hydrogen (secondary N) is 1. The molecule has 4 aromatic rings. The van der Waals surface area contributed by atoms with Gasteiger partial charge in [-0.2, -0.15) is 0 Å². The van der Waals surface area contributed by atoms with Crippen LogP contribution in [0, 0.1) is 0 Å². The Morgan fingerprint density at radius 3 is 2.62 bits per heavy atom. The van der Waals surface area contributed by atoms with Gasteiger partial charge in [0.05, 0.1) is 17.6 Å². The molecule has 0 bridgehead atoms. The van der Waals surface area contributed by atoms with Crippen molar-refractivity contribution >= 4 is 40.1 Å². The molecule has 0 spiro atoms. The third kappa shape index (κ3) is 6.77. The maximum atomic E-state index is 4.66. The Balaban J connectivity index is 0.00000100. The molecule has 0 aliphatic carbocycles. The molecule has 3 heterocycles. The highest BCUT2D eigenvalue weighted by Gasteiger charge is 2.13. The highest BCUT2D eigenvalue weighted by Crippen LogP contribution is 2.32. The lowest BCUT2D eigenvalue weighted by atomic mass is 9.97. The second-order valence-electron chi connectivity index (χ2n) is 8.46. The van der Waals surface area contributed by atoms with Gasteiger partial charge in [0, 0.05) is 68.4 Å². The van der Waals surface area contributed by atoms with E-state index in [1.165, 1.54) is 16.5 Å². The van der Waals surface area contributed by atoms with Gasteiger partial charge >= 0.3 is 0 Å². The first kappa shape index (κ1) is 29.2. The Hall–Kier alpha value is -4.32. The first-order valence-electron chi connectivity index (χ1n) is 13.7. The molecule has 202 valence electrons. The van der Waals surface area contributed by atoms with Crippen molar-refractivity contribution in [2.45, 2.75) is 34.6 Å². The van der Waals surface area contributed by atoms with E-state index < -0.39 is 0 Å². The minimum Gasteiger partial charge on any atom is -0.381 e. The highest BCUT2D eigenvalue weighted by atomic mass is 14.9. The molecule has 6 heteroatoms. The second kappa shape index (κ2) is 14.6. The van der Waals surface area contributed by atoms with E-state index in [-0.39, 0.29) is 0 Å². The number of allylic oxidation sites excluding steroid dienone is 3. The largest absolute Gasteiger partial charge is 0.381 e. The van der Waals surface area contributed by atoms with Gasteiger partial charge in [0.1, 0.15) is 0 Å². The zero-order valence-corrected chi connectivity index (χ0v) is 24.2. The summed E-state index contributed by atoms with van der Waals surface area (Å²) in [5.74, 6) is 0. The van der Waals surface area contributed by atoms with Gasteiger partial charge in [-0.15, -0.1) is 0 Å². The SMILES string of the molecule is C/C=C(\C=NC)C1=CC=NCC=C1CNc1cc(-c2ccc3ccn(C)c3c2)c2nccnc2c1.CC.CC. The van der Waals surface area contributed by atoms with Crippen LogP contribution in [0.2, 0.25) is 0 Å². The maximum Gasteiger partial charge on any atom is 0.0966 e. The topological polar surface area (TPSA) is 67.5 Å². The number of aliphatic imine (C=N–C) groups is 2. The molecule has 1 aliphatic heterocycles. The predicted molar refractivity (Wildman–Crippen MR) is 170 cm³/mol. The number of aromatic nitrogens is 3. The summed E-state index contributed by atoms with van der Waals surface area (Å²) in [6, 6.07) is 12.9. The van der Waals surface area contributed by atoms with E-state index in [4.69, 9.17) is 0 Å². The van der Waals surface area contributed by atoms with Gasteiger partial charge in [-0.1, -0.05) is 52.0 Å². The standard InChI is InChI=1S/C29H28N6.2C2H6/c1-4-20(18-30-2)25-8-11-31-10-7-23(25)19-34-24-16-26(29-27(17-24)32-12-13-33-29)22-6-5-21-9-14-35(3)28(21)15-22;2*1-2/h4-9,11-18,34H,10,19H2,1-3H3;2*1-2H3/b20-4+,30-18?;;. The fraction of sp³-hybridized carbons (Fsp3) is 0.273. The molecular formula is C33H40N6. The Labute approximate surface area is 232 Å². The van der Waals surface area contributed by atoms with Gasteiger partial charge in [0.25, 0.3) is 0 Å². The molecule has 2 aromatic carbocycles. The van der Waals surface area contributed by atoms with E-state index in [1.807, 2.05) is 47.0 Å². The average Bonchev–Trinajstić information content (AvgIpc) is 3.20. The van der Waals surface area contributed by atoms with Crippen LogP contribution in [-0.2, 0) is 7.05 Å². The van der Waals surface area contributed by atoms with Crippen LogP contribution in [0.1, 0.15) is 34.6 Å². The van der Waals surface area contributed by atoms with Crippen LogP contribution in [-0.4, -0.2) is 47.1 Å². The van der Waals surface area contributed by atoms with Gasteiger partial charge in [-0.05, 0) is 64.9 Å². The van der Waals surface area contributed by atoms with Crippen LogP contribution in [0.15, 0.2) is 99.9 Å². The van der Waals surface area contributed by atoms with Crippen molar-refractivity contribution in [1.29, 1.82) is 0 Å². The molecule has 0 fully saturated rings. The fourth-order valence-corrected chi connectivity index (χ4v) is 4.48. The summed E-state index contributed by atoms with van der Waals surface area (Å²) >= 11 is 0. The normalized spacial score (nSPS) is 13.3. The number of hydrogen-bond donors (Lipinski definition) is 1. The van der Waals surface area contributed by atoms with E-state index in [0.29, 0.717) is 13.1 Å². The van der Waals surface area contributed by atoms with Crippen molar-refractivity contribution in [1.82, 2.24) is 14.5 Å². The smallest absolute Gasteiger partial charge is 0.0966 e. The fourth-order valence-electron chi connectivity index (χ4n) is 4.48. The number of fused-ring (bicyclic) bond motifs is 2. The number of aryl methyl sites for hydroxylation is 1. The van der Waals surface area contributed by atoms with E-state index >= 15 is 0 Å². The Kier molecular flexibility index (Phi) is 10.9. The van der Waals surface area contributed by atoms with Crippen LogP contribution >= 0.6 is 0 Å². The van der Waals surface area contributed by atoms with Crippen LogP contribution in [0.4, 0.5) is 5.69 Å². The molecule has 6 nitrogen and oxygen atoms in total. The minimum absolute atomic E-state index is 0.655. The molecule has 0 atom stereocenters. The molecule has 0 amide bonds. The van der Waals surface area contributed by atoms with Gasteiger partial charge in [-0.3, -0.25) is 20.0 Å². The molecule has 1 aliphatic rings. The molecule has 0 saturated heterocycles. The van der Waals surface area contributed by atoms with Gasteiger partial charge in [0.15, 0.2) is 0 Å². The molecule has 0 radical (unpaired) electrons. The zero-order chi connectivity index (χ0) is 28.2. The van der Waals surface area contributed by atoms with Crippen LogP contribution in [0.3, 0.4) is 0 Å². The summed E-state index contributed by atoms with van der Waals surface area (Å²) in [6.07, 6.45) is 15.6. The molecule has 0 unspecified atom stereocenters. The third-order valence-electron chi connectivity index (χ3n) is 6.28. The summed E-state index contributed by atoms with van der Waals surface area (Å²) in [5.41, 5.74) is 9.50. The molecule has 5 rings (SSSR count). The van der Waals surface area contributed by atoms with Crippen LogP contribution in [0.25, 0.3) is 33.1 Å². The molecule has 0 saturated carbocycles. The first-order valence-corrected chi connectivity index (χ1v) is 13.7. The lowest BCUT2D eigenvalue weighted by molar-refractivity contribution is 0.969. The number of nitrogens with zero attached hydrogens (tertiary/aromatic N) is 5. The number of rotatable bonds is 6. The van der Waals surface area contributed by atoms with Crippen molar-refractivity contribution in [3.05, 3.63) is 89.9 Å². The summed E-state index contributed by atoms with van der Waals surface area (Å²) in [6.45, 7) is 11.3. The quantitative estimate of drug-likeness (QED) is 0.263. The molecule has 39 heavy (non-hydrogen) atoms. The van der Waals surface area contributed by atoms with E-state index in [2.05, 4.69) is 97.7 Å². The van der Waals surface area contributed by atoms with E-state index in [9.17, 15) is 0 Å². The third-order valence-corrected chi connectivity index (χ3v) is 6.28. The van der Waals surface area contributed by atoms with Gasteiger partial charge in [-0.25, -0.2) is 0 Å². The summed E-state index contributed by atoms with van der Waals surface area (Å²) in [4.78, 5) is 17.9. The van der Waals surface area contributed by atoms with Crippen molar-refractivity contribution < 1.29 is 0 Å². The van der Waals surface area contributed by atoms with Crippen molar-refractivity contribution in [2.24, 2.45) is 17.0 Å². The number of benzene rings is 2. The lowest BCUT2D eigenvalue weighted by Gasteiger charge is -2.16. The van der Waals surface area contributed by atoms with Gasteiger partial charge in [0.2, 0.25) is 0 Å². The van der Waals surface area contributed by atoms with E-state index in [1.54, 1.807) is 19.4 Å².